The smallest absolute Gasteiger partial charge is 0.254 e. The van der Waals surface area contributed by atoms with E-state index in [-0.39, 0.29) is 5.91 Å². The Bertz CT molecular complexity index is 627. The maximum absolute atomic E-state index is 12.5. The molecule has 0 radical (unpaired) electrons. The van der Waals surface area contributed by atoms with Crippen LogP contribution < -0.4 is 5.32 Å². The molecule has 0 spiro atoms. The molecule has 3 rings (SSSR count). The average Bonchev–Trinajstić information content (AvgIpc) is 3.06. The highest BCUT2D eigenvalue weighted by molar-refractivity contribution is 7.09. The third-order valence-electron chi connectivity index (χ3n) is 3.84. The number of nitrogens with one attached hydrogen (secondary N) is 1. The molecule has 1 aliphatic heterocycles. The maximum atomic E-state index is 12.5. The molecule has 1 aromatic carbocycles. The summed E-state index contributed by atoms with van der Waals surface area (Å²) < 4.78 is 0. The second-order valence-electron chi connectivity index (χ2n) is 5.56. The number of nitrogens with zero attached hydrogens (tertiary/aromatic N) is 1. The molecule has 5 heteroatoms. The second-order valence-corrected chi connectivity index (χ2v) is 6.59. The van der Waals surface area contributed by atoms with E-state index in [9.17, 15) is 9.90 Å². The summed E-state index contributed by atoms with van der Waals surface area (Å²) in [7, 11) is 0. The van der Waals surface area contributed by atoms with E-state index in [4.69, 9.17) is 0 Å². The molecule has 116 valence electrons. The first kappa shape index (κ1) is 15.1. The van der Waals surface area contributed by atoms with Gasteiger partial charge in [-0.05, 0) is 42.5 Å². The van der Waals surface area contributed by atoms with Gasteiger partial charge in [0, 0.05) is 35.8 Å². The highest BCUT2D eigenvalue weighted by Crippen LogP contribution is 2.18. The lowest BCUT2D eigenvalue weighted by atomic mass is 10.1. The summed E-state index contributed by atoms with van der Waals surface area (Å²) in [6, 6.07) is 11.7. The number of aliphatic hydroxyl groups is 1. The number of piperidine rings is 1. The van der Waals surface area contributed by atoms with Gasteiger partial charge in [-0.15, -0.1) is 11.3 Å². The van der Waals surface area contributed by atoms with E-state index in [1.165, 1.54) is 4.88 Å². The van der Waals surface area contributed by atoms with Crippen LogP contribution in [0.15, 0.2) is 41.8 Å². The van der Waals surface area contributed by atoms with Gasteiger partial charge >= 0.3 is 0 Å². The average molecular weight is 316 g/mol. The topological polar surface area (TPSA) is 52.6 Å². The summed E-state index contributed by atoms with van der Waals surface area (Å²) in [6.45, 7) is 1.92. The Morgan fingerprint density at radius 1 is 1.36 bits per heavy atom. The Hall–Kier alpha value is -1.85. The minimum Gasteiger partial charge on any atom is -0.391 e. The number of hydrogen-bond donors (Lipinski definition) is 2. The van der Waals surface area contributed by atoms with E-state index >= 15 is 0 Å². The first-order chi connectivity index (χ1) is 10.7. The number of benzene rings is 1. The summed E-state index contributed by atoms with van der Waals surface area (Å²) in [5, 5.41) is 15.1. The maximum Gasteiger partial charge on any atom is 0.254 e. The third-order valence-corrected chi connectivity index (χ3v) is 4.72. The number of aliphatic hydroxyl groups excluding tert-OH is 1. The molecule has 22 heavy (non-hydrogen) atoms. The van der Waals surface area contributed by atoms with Gasteiger partial charge < -0.3 is 15.3 Å². The van der Waals surface area contributed by atoms with Crippen LogP contribution in [0.5, 0.6) is 0 Å². The number of thiophene rings is 1. The number of amides is 1. The van der Waals surface area contributed by atoms with Crippen LogP contribution >= 0.6 is 11.3 Å². The molecule has 2 heterocycles. The van der Waals surface area contributed by atoms with Crippen LogP contribution in [0.1, 0.15) is 28.1 Å². The molecule has 1 aliphatic rings. The Morgan fingerprint density at radius 3 is 3.05 bits per heavy atom. The van der Waals surface area contributed by atoms with Crippen molar-refractivity contribution in [1.29, 1.82) is 0 Å². The zero-order valence-electron chi connectivity index (χ0n) is 12.4. The summed E-state index contributed by atoms with van der Waals surface area (Å²) in [6.07, 6.45) is 1.26. The minimum absolute atomic E-state index is 0.00137. The van der Waals surface area contributed by atoms with Gasteiger partial charge in [0.05, 0.1) is 6.10 Å². The lowest BCUT2D eigenvalue weighted by Crippen LogP contribution is -2.42. The van der Waals surface area contributed by atoms with E-state index in [1.54, 1.807) is 16.2 Å². The molecule has 1 fully saturated rings. The highest BCUT2D eigenvalue weighted by atomic mass is 32.1. The summed E-state index contributed by atoms with van der Waals surface area (Å²) in [4.78, 5) is 15.5. The molecule has 0 bridgehead atoms. The number of carbonyl (C=O) groups is 1. The lowest BCUT2D eigenvalue weighted by Gasteiger charge is -2.30. The zero-order chi connectivity index (χ0) is 15.4. The Morgan fingerprint density at radius 2 is 2.27 bits per heavy atom. The number of hydrogen-bond acceptors (Lipinski definition) is 4. The van der Waals surface area contributed by atoms with Crippen molar-refractivity contribution in [3.63, 3.8) is 0 Å². The van der Waals surface area contributed by atoms with Gasteiger partial charge in [0.1, 0.15) is 0 Å². The quantitative estimate of drug-likeness (QED) is 0.912. The molecule has 1 amide bonds. The van der Waals surface area contributed by atoms with Gasteiger partial charge in [-0.2, -0.15) is 0 Å². The normalized spacial score (nSPS) is 18.2. The molecule has 2 N–H and O–H groups in total. The zero-order valence-corrected chi connectivity index (χ0v) is 13.2. The Kier molecular flexibility index (Phi) is 4.75. The standard InChI is InChI=1S/C17H20N2O2S/c20-15-6-2-8-19(12-15)17(21)13-4-1-5-14(10-13)18-11-16-7-3-9-22-16/h1,3-5,7,9-10,15,18,20H,2,6,8,11-12H2. The molecule has 4 nitrogen and oxygen atoms in total. The van der Waals surface area contributed by atoms with Gasteiger partial charge in [-0.3, -0.25) is 4.79 Å². The van der Waals surface area contributed by atoms with Crippen LogP contribution in [0.25, 0.3) is 0 Å². The van der Waals surface area contributed by atoms with Crippen LogP contribution in [-0.2, 0) is 6.54 Å². The van der Waals surface area contributed by atoms with Crippen molar-refractivity contribution < 1.29 is 9.90 Å². The fourth-order valence-corrected chi connectivity index (χ4v) is 3.33. The van der Waals surface area contributed by atoms with Crippen LogP contribution in [0.3, 0.4) is 0 Å². The van der Waals surface area contributed by atoms with Gasteiger partial charge in [-0.1, -0.05) is 12.1 Å². The van der Waals surface area contributed by atoms with E-state index in [1.807, 2.05) is 30.3 Å². The van der Waals surface area contributed by atoms with Gasteiger partial charge in [0.2, 0.25) is 0 Å². The minimum atomic E-state index is -0.391. The predicted molar refractivity (Wildman–Crippen MR) is 89.2 cm³/mol. The third kappa shape index (κ3) is 3.67. The molecule has 1 atom stereocenters. The number of rotatable bonds is 4. The fraction of sp³-hybridized carbons (Fsp3) is 0.353. The monoisotopic (exact) mass is 316 g/mol. The Balaban J connectivity index is 1.66. The van der Waals surface area contributed by atoms with Gasteiger partial charge in [-0.25, -0.2) is 0 Å². The molecule has 0 saturated carbocycles. The van der Waals surface area contributed by atoms with Gasteiger partial charge in [0.15, 0.2) is 0 Å². The summed E-state index contributed by atoms with van der Waals surface area (Å²) >= 11 is 1.71. The van der Waals surface area contributed by atoms with Crippen molar-refractivity contribution in [2.75, 3.05) is 18.4 Å². The van der Waals surface area contributed by atoms with E-state index < -0.39 is 6.10 Å². The van der Waals surface area contributed by atoms with Crippen molar-refractivity contribution in [3.8, 4) is 0 Å². The SMILES string of the molecule is O=C(c1cccc(NCc2cccs2)c1)N1CCCC(O)C1. The predicted octanol–water partition coefficient (Wildman–Crippen LogP) is 2.96. The molecule has 1 unspecified atom stereocenters. The van der Waals surface area contributed by atoms with E-state index in [2.05, 4.69) is 16.8 Å². The van der Waals surface area contributed by atoms with E-state index in [0.717, 1.165) is 31.6 Å². The highest BCUT2D eigenvalue weighted by Gasteiger charge is 2.23. The van der Waals surface area contributed by atoms with Crippen molar-refractivity contribution in [2.45, 2.75) is 25.5 Å². The summed E-state index contributed by atoms with van der Waals surface area (Å²) in [5.41, 5.74) is 1.61. The van der Waals surface area contributed by atoms with E-state index in [0.29, 0.717) is 12.1 Å². The van der Waals surface area contributed by atoms with Crippen molar-refractivity contribution in [1.82, 2.24) is 4.90 Å². The number of β-amino-alcohol motifs (C(OH)–C–C–N with tert-alkyl or cyclic N) is 1. The molecule has 2 aromatic rings. The fourth-order valence-electron chi connectivity index (χ4n) is 2.69. The first-order valence-corrected chi connectivity index (χ1v) is 8.44. The first-order valence-electron chi connectivity index (χ1n) is 7.56. The molecular weight excluding hydrogens is 296 g/mol. The number of anilines is 1. The van der Waals surface area contributed by atoms with Crippen molar-refractivity contribution in [2.24, 2.45) is 0 Å². The van der Waals surface area contributed by atoms with Crippen molar-refractivity contribution in [3.05, 3.63) is 52.2 Å². The van der Waals surface area contributed by atoms with Crippen LogP contribution in [0.4, 0.5) is 5.69 Å². The van der Waals surface area contributed by atoms with Gasteiger partial charge in [0.25, 0.3) is 5.91 Å². The van der Waals surface area contributed by atoms with Crippen LogP contribution in [-0.4, -0.2) is 35.1 Å². The molecule has 0 aliphatic carbocycles. The summed E-state index contributed by atoms with van der Waals surface area (Å²) in [5.74, 6) is -0.00137. The second kappa shape index (κ2) is 6.94. The Labute approximate surface area is 134 Å². The number of likely N-dealkylation sites (tertiary alicyclic amines) is 1. The molecule has 1 saturated heterocycles. The van der Waals surface area contributed by atoms with Crippen LogP contribution in [0.2, 0.25) is 0 Å². The van der Waals surface area contributed by atoms with Crippen molar-refractivity contribution >= 4 is 22.9 Å². The van der Waals surface area contributed by atoms with Crippen LogP contribution in [0, 0.1) is 0 Å². The number of carbonyl (C=O) groups excluding carboxylic acids is 1. The largest absolute Gasteiger partial charge is 0.391 e. The lowest BCUT2D eigenvalue weighted by molar-refractivity contribution is 0.0474. The molecule has 1 aromatic heterocycles. The molecular formula is C17H20N2O2S.